The Kier molecular flexibility index (Phi) is 4.25. The van der Waals surface area contributed by atoms with Crippen LogP contribution in [0.4, 0.5) is 5.69 Å². The summed E-state index contributed by atoms with van der Waals surface area (Å²) in [7, 11) is 4.51. The van der Waals surface area contributed by atoms with Crippen LogP contribution in [0.25, 0.3) is 0 Å². The van der Waals surface area contributed by atoms with Crippen molar-refractivity contribution in [3.63, 3.8) is 0 Å². The maximum Gasteiger partial charge on any atom is 0.163 e. The quantitative estimate of drug-likeness (QED) is 0.758. The minimum Gasteiger partial charge on any atom is -0.372 e. The molecule has 0 spiro atoms. The fourth-order valence-electron chi connectivity index (χ4n) is 2.97. The van der Waals surface area contributed by atoms with Gasteiger partial charge in [-0.1, -0.05) is 6.07 Å². The smallest absolute Gasteiger partial charge is 0.163 e. The Bertz CT molecular complexity index is 397. The number of hydrogen-bond donors (Lipinski definition) is 2. The Morgan fingerprint density at radius 1 is 1.28 bits per heavy atom. The maximum atomic E-state index is 2.44. The SMILES string of the molecule is CCN(CC)c1ccc2c(c1)C[NH2+]C[C@@H]2[NH+](C)C. The number of rotatable bonds is 4. The zero-order valence-electron chi connectivity index (χ0n) is 12.2. The number of anilines is 1. The molecule has 0 bridgehead atoms. The summed E-state index contributed by atoms with van der Waals surface area (Å²) >= 11 is 0. The summed E-state index contributed by atoms with van der Waals surface area (Å²) in [6.45, 7) is 8.96. The largest absolute Gasteiger partial charge is 0.372 e. The van der Waals surface area contributed by atoms with E-state index in [0.29, 0.717) is 6.04 Å². The van der Waals surface area contributed by atoms with Crippen LogP contribution in [0.1, 0.15) is 31.0 Å². The lowest BCUT2D eigenvalue weighted by atomic mass is 9.95. The number of quaternary nitrogens is 2. The number of nitrogens with two attached hydrogens (primary N) is 1. The molecule has 0 aliphatic carbocycles. The third-order valence-electron chi connectivity index (χ3n) is 4.09. The monoisotopic (exact) mass is 249 g/mol. The van der Waals surface area contributed by atoms with Crippen LogP contribution in [0.15, 0.2) is 18.2 Å². The molecule has 1 aromatic rings. The van der Waals surface area contributed by atoms with Crippen molar-refractivity contribution < 1.29 is 10.2 Å². The zero-order chi connectivity index (χ0) is 13.1. The molecule has 1 aliphatic rings. The number of nitrogens with zero attached hydrogens (tertiary/aromatic N) is 1. The molecule has 3 heteroatoms. The van der Waals surface area contributed by atoms with E-state index in [1.165, 1.54) is 22.7 Å². The summed E-state index contributed by atoms with van der Waals surface area (Å²) in [5.74, 6) is 0. The summed E-state index contributed by atoms with van der Waals surface area (Å²) < 4.78 is 0. The van der Waals surface area contributed by atoms with E-state index in [-0.39, 0.29) is 0 Å². The third kappa shape index (κ3) is 2.52. The Morgan fingerprint density at radius 3 is 2.61 bits per heavy atom. The Balaban J connectivity index is 2.32. The summed E-state index contributed by atoms with van der Waals surface area (Å²) in [6, 6.07) is 7.69. The van der Waals surface area contributed by atoms with Crippen molar-refractivity contribution in [1.82, 2.24) is 0 Å². The first-order valence-corrected chi connectivity index (χ1v) is 7.16. The van der Waals surface area contributed by atoms with Crippen molar-refractivity contribution in [1.29, 1.82) is 0 Å². The summed E-state index contributed by atoms with van der Waals surface area (Å²) in [4.78, 5) is 3.95. The van der Waals surface area contributed by atoms with E-state index in [9.17, 15) is 0 Å². The van der Waals surface area contributed by atoms with E-state index in [1.807, 2.05) is 0 Å². The lowest BCUT2D eigenvalue weighted by Gasteiger charge is -2.28. The van der Waals surface area contributed by atoms with Crippen LogP contribution in [0, 0.1) is 0 Å². The van der Waals surface area contributed by atoms with Crippen molar-refractivity contribution in [3.8, 4) is 0 Å². The highest BCUT2D eigenvalue weighted by atomic mass is 15.1. The summed E-state index contributed by atoms with van der Waals surface area (Å²) in [5.41, 5.74) is 4.45. The van der Waals surface area contributed by atoms with Crippen molar-refractivity contribution in [2.24, 2.45) is 0 Å². The number of nitrogens with one attached hydrogen (secondary N) is 1. The molecule has 1 aliphatic heterocycles. The van der Waals surface area contributed by atoms with Crippen molar-refractivity contribution in [2.45, 2.75) is 26.4 Å². The fraction of sp³-hybridized carbons (Fsp3) is 0.600. The zero-order valence-corrected chi connectivity index (χ0v) is 12.2. The molecule has 0 radical (unpaired) electrons. The van der Waals surface area contributed by atoms with E-state index < -0.39 is 0 Å². The summed E-state index contributed by atoms with van der Waals surface area (Å²) in [5, 5.41) is 2.44. The molecule has 1 heterocycles. The van der Waals surface area contributed by atoms with Gasteiger partial charge in [-0.05, 0) is 26.0 Å². The molecule has 1 aromatic carbocycles. The molecule has 3 nitrogen and oxygen atoms in total. The lowest BCUT2D eigenvalue weighted by molar-refractivity contribution is -0.912. The van der Waals surface area contributed by atoms with Crippen LogP contribution < -0.4 is 15.1 Å². The predicted octanol–water partition coefficient (Wildman–Crippen LogP) is -0.205. The van der Waals surface area contributed by atoms with E-state index >= 15 is 0 Å². The van der Waals surface area contributed by atoms with Gasteiger partial charge in [0.2, 0.25) is 0 Å². The lowest BCUT2D eigenvalue weighted by Crippen LogP contribution is -3.10. The molecule has 0 fully saturated rings. The first-order chi connectivity index (χ1) is 8.67. The first-order valence-electron chi connectivity index (χ1n) is 7.16. The van der Waals surface area contributed by atoms with E-state index in [4.69, 9.17) is 0 Å². The number of benzene rings is 1. The van der Waals surface area contributed by atoms with E-state index in [2.05, 4.69) is 56.4 Å². The normalized spacial score (nSPS) is 18.8. The molecule has 0 saturated heterocycles. The highest BCUT2D eigenvalue weighted by Crippen LogP contribution is 2.23. The second-order valence-corrected chi connectivity index (χ2v) is 5.41. The third-order valence-corrected chi connectivity index (χ3v) is 4.09. The van der Waals surface area contributed by atoms with Crippen LogP contribution in [0.3, 0.4) is 0 Å². The molecule has 2 rings (SSSR count). The van der Waals surface area contributed by atoms with Crippen LogP contribution in [-0.2, 0) is 6.54 Å². The van der Waals surface area contributed by atoms with Crippen LogP contribution >= 0.6 is 0 Å². The number of hydrogen-bond acceptors (Lipinski definition) is 1. The van der Waals surface area contributed by atoms with Crippen molar-refractivity contribution >= 4 is 5.69 Å². The molecule has 3 N–H and O–H groups in total. The van der Waals surface area contributed by atoms with Gasteiger partial charge >= 0.3 is 0 Å². The van der Waals surface area contributed by atoms with Gasteiger partial charge in [-0.15, -0.1) is 0 Å². The Hall–Kier alpha value is -1.06. The molecule has 100 valence electrons. The average Bonchev–Trinajstić information content (AvgIpc) is 2.39. The standard InChI is InChI=1S/C15H25N3/c1-5-18(6-2)13-7-8-14-12(9-13)10-16-11-15(14)17(3)4/h7-9,15-16H,5-6,10-11H2,1-4H3/p+2/t15-/m0/s1. The molecule has 0 unspecified atom stereocenters. The van der Waals surface area contributed by atoms with Crippen LogP contribution in [0.2, 0.25) is 0 Å². The second kappa shape index (κ2) is 5.72. The molecular formula is C15H27N3+2. The van der Waals surface area contributed by atoms with Crippen LogP contribution in [0.5, 0.6) is 0 Å². The molecule has 0 amide bonds. The highest BCUT2D eigenvalue weighted by molar-refractivity contribution is 5.51. The van der Waals surface area contributed by atoms with Gasteiger partial charge in [0, 0.05) is 29.9 Å². The second-order valence-electron chi connectivity index (χ2n) is 5.41. The number of fused-ring (bicyclic) bond motifs is 1. The highest BCUT2D eigenvalue weighted by Gasteiger charge is 2.27. The topological polar surface area (TPSA) is 24.3 Å². The van der Waals surface area contributed by atoms with E-state index in [1.54, 1.807) is 5.56 Å². The van der Waals surface area contributed by atoms with Gasteiger partial charge in [0.1, 0.15) is 13.1 Å². The van der Waals surface area contributed by atoms with Crippen molar-refractivity contribution in [3.05, 3.63) is 29.3 Å². The van der Waals surface area contributed by atoms with Gasteiger partial charge in [0.25, 0.3) is 0 Å². The summed E-state index contributed by atoms with van der Waals surface area (Å²) in [6.07, 6.45) is 0. The van der Waals surface area contributed by atoms with Gasteiger partial charge in [-0.2, -0.15) is 0 Å². The molecular weight excluding hydrogens is 222 g/mol. The first kappa shape index (κ1) is 13.4. The predicted molar refractivity (Wildman–Crippen MR) is 76.1 cm³/mol. The molecule has 0 aromatic heterocycles. The minimum absolute atomic E-state index is 0.638. The maximum absolute atomic E-state index is 2.44. The van der Waals surface area contributed by atoms with E-state index in [0.717, 1.165) is 19.6 Å². The van der Waals surface area contributed by atoms with Gasteiger partial charge in [-0.3, -0.25) is 0 Å². The van der Waals surface area contributed by atoms with Crippen LogP contribution in [-0.4, -0.2) is 33.7 Å². The number of likely N-dealkylation sites (N-methyl/N-ethyl adjacent to an activating group) is 1. The Labute approximate surface area is 111 Å². The Morgan fingerprint density at radius 2 is 2.00 bits per heavy atom. The molecule has 0 saturated carbocycles. The van der Waals surface area contributed by atoms with Gasteiger partial charge in [0.05, 0.1) is 14.1 Å². The molecule has 18 heavy (non-hydrogen) atoms. The molecule has 1 atom stereocenters. The van der Waals surface area contributed by atoms with Gasteiger partial charge < -0.3 is 15.1 Å². The minimum atomic E-state index is 0.638. The van der Waals surface area contributed by atoms with Crippen molar-refractivity contribution in [2.75, 3.05) is 38.6 Å². The van der Waals surface area contributed by atoms with Gasteiger partial charge in [0.15, 0.2) is 6.04 Å². The average molecular weight is 249 g/mol. The fourth-order valence-corrected chi connectivity index (χ4v) is 2.97. The van der Waals surface area contributed by atoms with Gasteiger partial charge in [-0.25, -0.2) is 0 Å².